The second-order valence-corrected chi connectivity index (χ2v) is 7.32. The number of aromatic amines is 1. The first-order chi connectivity index (χ1) is 12.6. The Balaban J connectivity index is 1.90. The highest BCUT2D eigenvalue weighted by Crippen LogP contribution is 2.40. The van der Waals surface area contributed by atoms with Crippen molar-refractivity contribution in [1.29, 1.82) is 0 Å². The molecule has 0 spiro atoms. The summed E-state index contributed by atoms with van der Waals surface area (Å²) in [5.41, 5.74) is 6.32. The molecule has 26 heavy (non-hydrogen) atoms. The lowest BCUT2D eigenvalue weighted by Gasteiger charge is -2.24. The first kappa shape index (κ1) is 16.8. The fourth-order valence-electron chi connectivity index (χ4n) is 3.99. The topological polar surface area (TPSA) is 36.1 Å². The molecule has 1 N–H and O–H groups in total. The maximum Gasteiger partial charge on any atom is 0.169 e. The second kappa shape index (κ2) is 6.93. The van der Waals surface area contributed by atoms with E-state index in [1.807, 2.05) is 50.5 Å². The first-order valence-corrected chi connectivity index (χ1v) is 9.19. The molecule has 0 bridgehead atoms. The van der Waals surface area contributed by atoms with Gasteiger partial charge < -0.3 is 9.88 Å². The number of nitrogens with one attached hydrogen (secondary N) is 1. The molecule has 3 nitrogen and oxygen atoms in total. The molecular weight excluding hydrogens is 320 g/mol. The lowest BCUT2D eigenvalue weighted by Crippen LogP contribution is -2.31. The third kappa shape index (κ3) is 2.99. The van der Waals surface area contributed by atoms with Crippen LogP contribution < -0.4 is 0 Å². The van der Waals surface area contributed by atoms with Gasteiger partial charge in [-0.2, -0.15) is 0 Å². The molecule has 0 aliphatic heterocycles. The smallest absolute Gasteiger partial charge is 0.169 e. The van der Waals surface area contributed by atoms with E-state index in [0.717, 1.165) is 53.0 Å². The molecule has 1 heterocycles. The number of nitrogens with zero attached hydrogens (tertiary/aromatic N) is 1. The number of carbonyl (C=O) groups is 1. The second-order valence-electron chi connectivity index (χ2n) is 7.32. The van der Waals surface area contributed by atoms with E-state index < -0.39 is 0 Å². The number of aryl methyl sites for hydroxylation is 1. The zero-order chi connectivity index (χ0) is 18.1. The van der Waals surface area contributed by atoms with Crippen molar-refractivity contribution in [2.45, 2.75) is 12.8 Å². The van der Waals surface area contributed by atoms with Crippen LogP contribution in [0.15, 0.2) is 60.7 Å². The average molecular weight is 344 g/mol. The molecule has 0 amide bonds. The third-order valence-corrected chi connectivity index (χ3v) is 5.15. The van der Waals surface area contributed by atoms with Gasteiger partial charge in [0.1, 0.15) is 0 Å². The molecule has 3 aromatic rings. The summed E-state index contributed by atoms with van der Waals surface area (Å²) < 4.78 is 0. The lowest BCUT2D eigenvalue weighted by atomic mass is 9.82. The fourth-order valence-corrected chi connectivity index (χ4v) is 3.99. The molecule has 0 fully saturated rings. The zero-order valence-corrected chi connectivity index (χ0v) is 15.3. The predicted molar refractivity (Wildman–Crippen MR) is 106 cm³/mol. The molecule has 0 radical (unpaired) electrons. The summed E-state index contributed by atoms with van der Waals surface area (Å²) in [5, 5.41) is 0. The normalized spacial score (nSPS) is 16.7. The number of fused-ring (bicyclic) bond motifs is 1. The van der Waals surface area contributed by atoms with Gasteiger partial charge in [-0.25, -0.2) is 0 Å². The summed E-state index contributed by atoms with van der Waals surface area (Å²) in [7, 11) is 4.07. The van der Waals surface area contributed by atoms with Crippen molar-refractivity contribution in [3.63, 3.8) is 0 Å². The molecule has 4 rings (SSSR count). The Morgan fingerprint density at radius 2 is 1.54 bits per heavy atom. The van der Waals surface area contributed by atoms with Crippen LogP contribution in [0.5, 0.6) is 0 Å². The highest BCUT2D eigenvalue weighted by atomic mass is 16.1. The van der Waals surface area contributed by atoms with E-state index in [-0.39, 0.29) is 11.7 Å². The van der Waals surface area contributed by atoms with Crippen LogP contribution in [0.1, 0.15) is 22.5 Å². The van der Waals surface area contributed by atoms with Crippen molar-refractivity contribution < 1.29 is 4.79 Å². The van der Waals surface area contributed by atoms with Crippen molar-refractivity contribution in [1.82, 2.24) is 9.88 Å². The van der Waals surface area contributed by atoms with Crippen LogP contribution in [0.3, 0.4) is 0 Å². The van der Waals surface area contributed by atoms with E-state index in [0.29, 0.717) is 0 Å². The molecule has 0 saturated carbocycles. The standard InChI is InChI=1S/C23H24N2O/c1-25(2)15-18-13-14-19-21(23(18)26)20(16-9-5-3-6-10-16)22(24-19)17-11-7-4-8-12-17/h3-12,18,24H,13-15H2,1-2H3. The number of H-pyrrole nitrogens is 1. The third-order valence-electron chi connectivity index (χ3n) is 5.15. The average Bonchev–Trinajstić information content (AvgIpc) is 3.05. The maximum atomic E-state index is 13.3. The summed E-state index contributed by atoms with van der Waals surface area (Å²) in [6, 6.07) is 20.6. The summed E-state index contributed by atoms with van der Waals surface area (Å²) >= 11 is 0. The summed E-state index contributed by atoms with van der Waals surface area (Å²) in [4.78, 5) is 19.0. The quantitative estimate of drug-likeness (QED) is 0.747. The number of carbonyl (C=O) groups excluding carboxylic acids is 1. The highest BCUT2D eigenvalue weighted by molar-refractivity contribution is 6.09. The molecule has 2 aromatic carbocycles. The SMILES string of the molecule is CN(C)CC1CCc2[nH]c(-c3ccccc3)c(-c3ccccc3)c2C1=O. The number of hydrogen-bond acceptors (Lipinski definition) is 2. The number of aromatic nitrogens is 1. The van der Waals surface area contributed by atoms with Gasteiger partial charge in [-0.3, -0.25) is 4.79 Å². The fraction of sp³-hybridized carbons (Fsp3) is 0.261. The van der Waals surface area contributed by atoms with E-state index in [1.165, 1.54) is 0 Å². The van der Waals surface area contributed by atoms with Gasteiger partial charge in [0.25, 0.3) is 0 Å². The lowest BCUT2D eigenvalue weighted by molar-refractivity contribution is 0.0878. The largest absolute Gasteiger partial charge is 0.357 e. The molecule has 0 saturated heterocycles. The van der Waals surface area contributed by atoms with Crippen molar-refractivity contribution in [3.05, 3.63) is 71.9 Å². The molecule has 1 aliphatic rings. The zero-order valence-electron chi connectivity index (χ0n) is 15.3. The minimum absolute atomic E-state index is 0.0689. The van der Waals surface area contributed by atoms with Crippen LogP contribution in [0.4, 0.5) is 0 Å². The first-order valence-electron chi connectivity index (χ1n) is 9.19. The van der Waals surface area contributed by atoms with Gasteiger partial charge in [0.05, 0.1) is 5.69 Å². The van der Waals surface area contributed by atoms with Gasteiger partial charge in [0.15, 0.2) is 5.78 Å². The Bertz CT molecular complexity index is 910. The Kier molecular flexibility index (Phi) is 4.48. The van der Waals surface area contributed by atoms with Crippen molar-refractivity contribution in [3.8, 4) is 22.4 Å². The van der Waals surface area contributed by atoms with Gasteiger partial charge >= 0.3 is 0 Å². The van der Waals surface area contributed by atoms with Crippen LogP contribution in [-0.4, -0.2) is 36.3 Å². The van der Waals surface area contributed by atoms with Crippen LogP contribution in [0, 0.1) is 5.92 Å². The Labute approximate surface area is 154 Å². The monoisotopic (exact) mass is 344 g/mol. The van der Waals surface area contributed by atoms with Crippen LogP contribution >= 0.6 is 0 Å². The Morgan fingerprint density at radius 1 is 0.923 bits per heavy atom. The van der Waals surface area contributed by atoms with E-state index >= 15 is 0 Å². The van der Waals surface area contributed by atoms with Gasteiger partial charge in [-0.1, -0.05) is 60.7 Å². The molecule has 1 aliphatic carbocycles. The van der Waals surface area contributed by atoms with Gasteiger partial charge in [-0.15, -0.1) is 0 Å². The van der Waals surface area contributed by atoms with Crippen LogP contribution in [0.25, 0.3) is 22.4 Å². The van der Waals surface area contributed by atoms with Crippen molar-refractivity contribution >= 4 is 5.78 Å². The number of hydrogen-bond donors (Lipinski definition) is 1. The van der Waals surface area contributed by atoms with Crippen molar-refractivity contribution in [2.24, 2.45) is 5.92 Å². The van der Waals surface area contributed by atoms with Gasteiger partial charge in [0.2, 0.25) is 0 Å². The minimum Gasteiger partial charge on any atom is -0.357 e. The minimum atomic E-state index is 0.0689. The van der Waals surface area contributed by atoms with E-state index in [2.05, 4.69) is 34.1 Å². The molecule has 1 atom stereocenters. The summed E-state index contributed by atoms with van der Waals surface area (Å²) in [6.45, 7) is 0.804. The Hall–Kier alpha value is -2.65. The number of benzene rings is 2. The van der Waals surface area contributed by atoms with Crippen LogP contribution in [-0.2, 0) is 6.42 Å². The predicted octanol–water partition coefficient (Wildman–Crippen LogP) is 4.66. The number of Topliss-reactive ketones (excluding diaryl/α,β-unsaturated/α-hetero) is 1. The Morgan fingerprint density at radius 3 is 2.15 bits per heavy atom. The number of ketones is 1. The molecule has 132 valence electrons. The molecular formula is C23H24N2O. The van der Waals surface area contributed by atoms with Gasteiger partial charge in [0, 0.05) is 29.3 Å². The highest BCUT2D eigenvalue weighted by Gasteiger charge is 2.33. The van der Waals surface area contributed by atoms with E-state index in [1.54, 1.807) is 0 Å². The molecule has 1 aromatic heterocycles. The van der Waals surface area contributed by atoms with Crippen molar-refractivity contribution in [2.75, 3.05) is 20.6 Å². The van der Waals surface area contributed by atoms with Crippen LogP contribution in [0.2, 0.25) is 0 Å². The number of rotatable bonds is 4. The van der Waals surface area contributed by atoms with E-state index in [9.17, 15) is 4.79 Å². The van der Waals surface area contributed by atoms with E-state index in [4.69, 9.17) is 0 Å². The summed E-state index contributed by atoms with van der Waals surface area (Å²) in [5.74, 6) is 0.344. The molecule has 3 heteroatoms. The molecule has 1 unspecified atom stereocenters. The van der Waals surface area contributed by atoms with Gasteiger partial charge in [-0.05, 0) is 38.1 Å². The maximum absolute atomic E-state index is 13.3. The summed E-state index contributed by atoms with van der Waals surface area (Å²) in [6.07, 6.45) is 1.83.